The summed E-state index contributed by atoms with van der Waals surface area (Å²) in [5.41, 5.74) is 1.41. The monoisotopic (exact) mass is 463 g/mol. The first-order valence-corrected chi connectivity index (χ1v) is 12.1. The Bertz CT molecular complexity index is 1070. The highest BCUT2D eigenvalue weighted by Crippen LogP contribution is 2.31. The van der Waals surface area contributed by atoms with Crippen molar-refractivity contribution in [1.29, 1.82) is 0 Å². The molecule has 0 saturated carbocycles. The van der Waals surface area contributed by atoms with E-state index in [9.17, 15) is 13.2 Å². The third-order valence-electron chi connectivity index (χ3n) is 5.99. The summed E-state index contributed by atoms with van der Waals surface area (Å²) in [4.78, 5) is 15.0. The van der Waals surface area contributed by atoms with Gasteiger partial charge in [0.15, 0.2) is 6.10 Å². The number of halogens is 1. The number of nitrogens with one attached hydrogen (secondary N) is 1. The lowest BCUT2D eigenvalue weighted by atomic mass is 10.1. The number of hydrogen-bond acceptors (Lipinski definition) is 5. The van der Waals surface area contributed by atoms with Crippen LogP contribution in [-0.2, 0) is 21.2 Å². The molecule has 2 aromatic rings. The number of hydrogen-bond donors (Lipinski definition) is 1. The van der Waals surface area contributed by atoms with Crippen molar-refractivity contribution in [3.63, 3.8) is 0 Å². The van der Waals surface area contributed by atoms with Crippen LogP contribution in [0.25, 0.3) is 0 Å². The number of carbonyl (C=O) groups is 1. The van der Waals surface area contributed by atoms with Crippen molar-refractivity contribution >= 4 is 33.2 Å². The molecule has 1 saturated heterocycles. The normalized spacial score (nSPS) is 19.8. The van der Waals surface area contributed by atoms with Crippen molar-refractivity contribution in [2.45, 2.75) is 36.3 Å². The fourth-order valence-corrected chi connectivity index (χ4v) is 5.63. The van der Waals surface area contributed by atoms with E-state index < -0.39 is 16.1 Å². The number of amides is 1. The van der Waals surface area contributed by atoms with Crippen molar-refractivity contribution in [1.82, 2.24) is 9.21 Å². The number of fused-ring (bicyclic) bond motifs is 1. The van der Waals surface area contributed by atoms with Gasteiger partial charge in [0.1, 0.15) is 5.75 Å². The van der Waals surface area contributed by atoms with Crippen LogP contribution >= 0.6 is 11.6 Å². The topological polar surface area (TPSA) is 79.0 Å². The number of anilines is 1. The average Bonchev–Trinajstić information content (AvgIpc) is 3.17. The van der Waals surface area contributed by atoms with Crippen LogP contribution in [0.3, 0.4) is 0 Å². The lowest BCUT2D eigenvalue weighted by molar-refractivity contribution is -0.122. The van der Waals surface area contributed by atoms with Crippen LogP contribution in [0, 0.1) is 0 Å². The number of sulfonamides is 1. The number of benzene rings is 2. The third-order valence-corrected chi connectivity index (χ3v) is 8.15. The van der Waals surface area contributed by atoms with Crippen LogP contribution in [0.15, 0.2) is 47.4 Å². The lowest BCUT2D eigenvalue weighted by Gasteiger charge is -2.34. The summed E-state index contributed by atoms with van der Waals surface area (Å²) in [5, 5.41) is 3.40. The second-order valence-corrected chi connectivity index (χ2v) is 10.6. The van der Waals surface area contributed by atoms with Gasteiger partial charge in [-0.05, 0) is 81.0 Å². The summed E-state index contributed by atoms with van der Waals surface area (Å²) >= 11 is 6.00. The van der Waals surface area contributed by atoms with Crippen molar-refractivity contribution in [3.05, 3.63) is 53.1 Å². The van der Waals surface area contributed by atoms with Crippen LogP contribution in [0.5, 0.6) is 5.75 Å². The highest BCUT2D eigenvalue weighted by Gasteiger charge is 2.31. The van der Waals surface area contributed by atoms with Gasteiger partial charge in [-0.15, -0.1) is 0 Å². The van der Waals surface area contributed by atoms with Gasteiger partial charge in [-0.2, -0.15) is 4.31 Å². The molecule has 4 rings (SSSR count). The first-order chi connectivity index (χ1) is 14.7. The molecule has 2 aliphatic rings. The Hall–Kier alpha value is -2.13. The summed E-state index contributed by atoms with van der Waals surface area (Å²) < 4.78 is 33.2. The van der Waals surface area contributed by atoms with Crippen molar-refractivity contribution in [3.8, 4) is 5.75 Å². The maximum Gasteiger partial charge on any atom is 0.265 e. The number of piperidine rings is 1. The molecule has 1 atom stereocenters. The second-order valence-electron chi connectivity index (χ2n) is 8.13. The smallest absolute Gasteiger partial charge is 0.265 e. The Kier molecular flexibility index (Phi) is 6.25. The predicted molar refractivity (Wildman–Crippen MR) is 120 cm³/mol. The van der Waals surface area contributed by atoms with Crippen LogP contribution in [-0.4, -0.2) is 62.9 Å². The molecule has 9 heteroatoms. The SMILES string of the molecule is CN1CCC(N(C)S(=O)(=O)c2ccc(NC(=O)C3Cc4cc(Cl)ccc4O3)cc2)CC1. The highest BCUT2D eigenvalue weighted by molar-refractivity contribution is 7.89. The Morgan fingerprint density at radius 1 is 1.16 bits per heavy atom. The Balaban J connectivity index is 1.39. The average molecular weight is 464 g/mol. The summed E-state index contributed by atoms with van der Waals surface area (Å²) in [7, 11) is 0.0926. The minimum absolute atomic E-state index is 0.00442. The molecule has 2 aromatic carbocycles. The zero-order valence-corrected chi connectivity index (χ0v) is 19.1. The number of rotatable bonds is 5. The van der Waals surface area contributed by atoms with Crippen LogP contribution in [0.2, 0.25) is 5.02 Å². The van der Waals surface area contributed by atoms with Gasteiger partial charge in [0.05, 0.1) is 4.90 Å². The molecule has 0 radical (unpaired) electrons. The molecule has 1 N–H and O–H groups in total. The summed E-state index contributed by atoms with van der Waals surface area (Å²) in [6.07, 6.45) is 1.42. The fraction of sp³-hybridized carbons (Fsp3) is 0.409. The van der Waals surface area contributed by atoms with Crippen molar-refractivity contribution in [2.24, 2.45) is 0 Å². The largest absolute Gasteiger partial charge is 0.480 e. The van der Waals surface area contributed by atoms with E-state index in [1.807, 2.05) is 7.05 Å². The summed E-state index contributed by atoms with van der Waals surface area (Å²) in [5.74, 6) is 0.370. The summed E-state index contributed by atoms with van der Waals surface area (Å²) in [6, 6.07) is 11.5. The fourth-order valence-electron chi connectivity index (χ4n) is 4.02. The molecule has 0 spiro atoms. The van der Waals surface area contributed by atoms with Gasteiger partial charge >= 0.3 is 0 Å². The molecule has 7 nitrogen and oxygen atoms in total. The molecule has 1 unspecified atom stereocenters. The first-order valence-electron chi connectivity index (χ1n) is 10.3. The van der Waals surface area contributed by atoms with E-state index in [0.717, 1.165) is 31.5 Å². The first kappa shape index (κ1) is 22.1. The molecule has 166 valence electrons. The number of carbonyl (C=O) groups excluding carboxylic acids is 1. The standard InChI is InChI=1S/C22H26ClN3O4S/c1-25-11-9-18(10-12-25)26(2)31(28,29)19-6-4-17(5-7-19)24-22(27)21-14-15-13-16(23)3-8-20(15)30-21/h3-8,13,18,21H,9-12,14H2,1-2H3,(H,24,27). The van der Waals surface area contributed by atoms with Gasteiger partial charge in [-0.3, -0.25) is 4.79 Å². The van der Waals surface area contributed by atoms with Crippen LogP contribution in [0.1, 0.15) is 18.4 Å². The van der Waals surface area contributed by atoms with E-state index in [1.54, 1.807) is 37.4 Å². The predicted octanol–water partition coefficient (Wildman–Crippen LogP) is 3.00. The van der Waals surface area contributed by atoms with Gasteiger partial charge < -0.3 is 15.0 Å². The molecule has 2 aliphatic heterocycles. The van der Waals surface area contributed by atoms with Crippen LogP contribution in [0.4, 0.5) is 5.69 Å². The van der Waals surface area contributed by atoms with E-state index in [1.165, 1.54) is 16.4 Å². The minimum Gasteiger partial charge on any atom is -0.480 e. The molecule has 1 amide bonds. The zero-order valence-electron chi connectivity index (χ0n) is 17.5. The Morgan fingerprint density at radius 2 is 1.84 bits per heavy atom. The maximum absolute atomic E-state index is 13.0. The molecule has 2 heterocycles. The molecular formula is C22H26ClN3O4S. The molecule has 0 aliphatic carbocycles. The number of ether oxygens (including phenoxy) is 1. The van der Waals surface area contributed by atoms with E-state index in [4.69, 9.17) is 16.3 Å². The van der Waals surface area contributed by atoms with Gasteiger partial charge in [0.2, 0.25) is 10.0 Å². The summed E-state index contributed by atoms with van der Waals surface area (Å²) in [6.45, 7) is 1.77. The van der Waals surface area contributed by atoms with E-state index in [-0.39, 0.29) is 16.8 Å². The second kappa shape index (κ2) is 8.78. The van der Waals surface area contributed by atoms with Crippen molar-refractivity contribution in [2.75, 3.05) is 32.5 Å². The van der Waals surface area contributed by atoms with E-state index in [0.29, 0.717) is 22.9 Å². The number of nitrogens with zero attached hydrogens (tertiary/aromatic N) is 2. The molecule has 0 aromatic heterocycles. The lowest BCUT2D eigenvalue weighted by Crippen LogP contribution is -2.44. The van der Waals surface area contributed by atoms with Crippen molar-refractivity contribution < 1.29 is 17.9 Å². The van der Waals surface area contributed by atoms with E-state index in [2.05, 4.69) is 10.2 Å². The zero-order chi connectivity index (χ0) is 22.2. The van der Waals surface area contributed by atoms with Gasteiger partial charge in [-0.25, -0.2) is 8.42 Å². The maximum atomic E-state index is 13.0. The molecule has 31 heavy (non-hydrogen) atoms. The van der Waals surface area contributed by atoms with Gasteiger partial charge in [0, 0.05) is 30.2 Å². The van der Waals surface area contributed by atoms with Crippen LogP contribution < -0.4 is 10.1 Å². The third kappa shape index (κ3) is 4.72. The molecule has 1 fully saturated rings. The van der Waals surface area contributed by atoms with Gasteiger partial charge in [0.25, 0.3) is 5.91 Å². The van der Waals surface area contributed by atoms with Gasteiger partial charge in [-0.1, -0.05) is 11.6 Å². The minimum atomic E-state index is -3.59. The Labute approximate surface area is 188 Å². The molecule has 0 bridgehead atoms. The quantitative estimate of drug-likeness (QED) is 0.737. The van der Waals surface area contributed by atoms with E-state index >= 15 is 0 Å². The highest BCUT2D eigenvalue weighted by atomic mass is 35.5. The number of likely N-dealkylation sites (tertiary alicyclic amines) is 1. The molecular weight excluding hydrogens is 438 g/mol. The Morgan fingerprint density at radius 3 is 2.52 bits per heavy atom.